The Balaban J connectivity index is 1.74. The van der Waals surface area contributed by atoms with E-state index < -0.39 is 22.8 Å². The van der Waals surface area contributed by atoms with Crippen LogP contribution in [0.1, 0.15) is 28.0 Å². The van der Waals surface area contributed by atoms with Gasteiger partial charge in [-0.3, -0.25) is 9.00 Å². The monoisotopic (exact) mass is 427 g/mol. The number of benzene rings is 2. The van der Waals surface area contributed by atoms with Gasteiger partial charge in [-0.25, -0.2) is 14.4 Å². The second-order valence-corrected chi connectivity index (χ2v) is 7.59. The minimum Gasteiger partial charge on any atom is -0.772 e. The Morgan fingerprint density at radius 1 is 1.20 bits per heavy atom. The first-order valence-corrected chi connectivity index (χ1v) is 10.5. The summed E-state index contributed by atoms with van der Waals surface area (Å²) < 4.78 is 35.9. The maximum absolute atomic E-state index is 14.6. The summed E-state index contributed by atoms with van der Waals surface area (Å²) in [5.74, 6) is -1.09. The molecule has 9 heteroatoms. The molecule has 0 bridgehead atoms. The fourth-order valence-corrected chi connectivity index (χ4v) is 3.24. The van der Waals surface area contributed by atoms with E-state index >= 15 is 0 Å². The summed E-state index contributed by atoms with van der Waals surface area (Å²) in [6, 6.07) is 13.4. The molecule has 0 spiro atoms. The number of nitrogen functional groups attached to an aromatic ring is 1. The first-order valence-electron chi connectivity index (χ1n) is 9.23. The summed E-state index contributed by atoms with van der Waals surface area (Å²) in [5.41, 5.74) is 7.92. The summed E-state index contributed by atoms with van der Waals surface area (Å²) in [4.78, 5) is 20.8. The molecule has 7 nitrogen and oxygen atoms in total. The number of nitrogens with one attached hydrogen (secondary N) is 1. The van der Waals surface area contributed by atoms with Crippen LogP contribution in [0.25, 0.3) is 11.3 Å². The van der Waals surface area contributed by atoms with Crippen molar-refractivity contribution in [2.24, 2.45) is 0 Å². The Hall–Kier alpha value is -3.17. The molecular formula is C21H20FN4O3S-. The maximum atomic E-state index is 14.6. The van der Waals surface area contributed by atoms with Gasteiger partial charge in [-0.1, -0.05) is 47.5 Å². The van der Waals surface area contributed by atoms with Gasteiger partial charge in [0.25, 0.3) is 5.91 Å². The lowest BCUT2D eigenvalue weighted by atomic mass is 10.1. The molecule has 0 fully saturated rings. The van der Waals surface area contributed by atoms with Crippen LogP contribution in [-0.2, 0) is 24.0 Å². The highest BCUT2D eigenvalue weighted by Gasteiger charge is 2.15. The van der Waals surface area contributed by atoms with Crippen molar-refractivity contribution in [1.29, 1.82) is 0 Å². The van der Waals surface area contributed by atoms with Gasteiger partial charge >= 0.3 is 0 Å². The van der Waals surface area contributed by atoms with Gasteiger partial charge in [0.15, 0.2) is 0 Å². The summed E-state index contributed by atoms with van der Waals surface area (Å²) in [5, 5.41) is 2.69. The second kappa shape index (κ2) is 10.0. The van der Waals surface area contributed by atoms with Crippen molar-refractivity contribution in [2.45, 2.75) is 19.4 Å². The van der Waals surface area contributed by atoms with Crippen molar-refractivity contribution in [1.82, 2.24) is 15.3 Å². The van der Waals surface area contributed by atoms with Crippen LogP contribution in [0.5, 0.6) is 0 Å². The van der Waals surface area contributed by atoms with Crippen molar-refractivity contribution in [3.8, 4) is 11.3 Å². The van der Waals surface area contributed by atoms with Crippen LogP contribution in [0, 0.1) is 5.82 Å². The van der Waals surface area contributed by atoms with Crippen molar-refractivity contribution in [3.63, 3.8) is 0 Å². The van der Waals surface area contributed by atoms with Gasteiger partial charge in [0.05, 0.1) is 17.5 Å². The number of carbonyl (C=O) groups is 1. The van der Waals surface area contributed by atoms with Crippen molar-refractivity contribution >= 4 is 22.8 Å². The summed E-state index contributed by atoms with van der Waals surface area (Å²) in [7, 11) is 0. The summed E-state index contributed by atoms with van der Waals surface area (Å²) >= 11 is -2.12. The number of halogens is 1. The molecule has 0 saturated heterocycles. The van der Waals surface area contributed by atoms with Crippen LogP contribution in [0.15, 0.2) is 54.7 Å². The Kier molecular flexibility index (Phi) is 7.21. The van der Waals surface area contributed by atoms with Gasteiger partial charge in [-0.2, -0.15) is 0 Å². The third-order valence-corrected chi connectivity index (χ3v) is 5.00. The standard InChI is InChI=1S/C21H21FN4O3S/c22-18-11-15(19-20(23)24-13-16(26-19)7-4-10-30(28)29)8-9-17(18)21(27)25-12-14-5-2-1-3-6-14/h1-3,5-6,8-9,11,13H,4,7,10,12H2,(H2,23,24)(H,25,27)(H,28,29)/p-1. The minimum absolute atomic E-state index is 0.0167. The predicted molar refractivity (Wildman–Crippen MR) is 112 cm³/mol. The molecule has 2 aromatic carbocycles. The third kappa shape index (κ3) is 5.68. The van der Waals surface area contributed by atoms with Crippen LogP contribution in [0.4, 0.5) is 10.2 Å². The Bertz CT molecular complexity index is 1060. The zero-order valence-corrected chi connectivity index (χ0v) is 16.8. The molecule has 3 rings (SSSR count). The molecule has 1 atom stereocenters. The molecule has 3 N–H and O–H groups in total. The number of carbonyl (C=O) groups excluding carboxylic acids is 1. The van der Waals surface area contributed by atoms with E-state index in [-0.39, 0.29) is 29.4 Å². The molecule has 1 amide bonds. The number of aryl methyl sites for hydroxylation is 1. The van der Waals surface area contributed by atoms with E-state index in [0.29, 0.717) is 24.1 Å². The molecule has 1 aromatic heterocycles. The average Bonchev–Trinajstić information content (AvgIpc) is 2.73. The lowest BCUT2D eigenvalue weighted by Gasteiger charge is -2.10. The number of hydrogen-bond acceptors (Lipinski definition) is 6. The number of nitrogens with zero attached hydrogens (tertiary/aromatic N) is 2. The summed E-state index contributed by atoms with van der Waals surface area (Å²) in [6.45, 7) is 0.287. The molecule has 1 unspecified atom stereocenters. The first kappa shape index (κ1) is 21.5. The van der Waals surface area contributed by atoms with E-state index in [2.05, 4.69) is 15.3 Å². The van der Waals surface area contributed by atoms with Crippen molar-refractivity contribution in [3.05, 3.63) is 77.4 Å². The fraction of sp³-hybridized carbons (Fsp3) is 0.190. The number of rotatable bonds is 8. The van der Waals surface area contributed by atoms with Gasteiger partial charge in [-0.05, 0) is 30.5 Å². The van der Waals surface area contributed by atoms with Crippen LogP contribution in [-0.4, -0.2) is 30.4 Å². The Morgan fingerprint density at radius 3 is 2.67 bits per heavy atom. The van der Waals surface area contributed by atoms with Gasteiger partial charge in [-0.15, -0.1) is 0 Å². The summed E-state index contributed by atoms with van der Waals surface area (Å²) in [6.07, 6.45) is 2.26. The lowest BCUT2D eigenvalue weighted by molar-refractivity contribution is 0.0947. The van der Waals surface area contributed by atoms with Crippen LogP contribution >= 0.6 is 0 Å². The van der Waals surface area contributed by atoms with Crippen molar-refractivity contribution < 1.29 is 17.9 Å². The predicted octanol–water partition coefficient (Wildman–Crippen LogP) is 2.61. The SMILES string of the molecule is Nc1ncc(CCCS(=O)[O-])nc1-c1ccc(C(=O)NCc2ccccc2)c(F)c1. The van der Waals surface area contributed by atoms with E-state index in [9.17, 15) is 17.9 Å². The molecule has 0 aliphatic carbocycles. The lowest BCUT2D eigenvalue weighted by Crippen LogP contribution is -2.23. The zero-order valence-electron chi connectivity index (χ0n) is 16.0. The number of amides is 1. The molecule has 1 heterocycles. The van der Waals surface area contributed by atoms with Crippen LogP contribution in [0.3, 0.4) is 0 Å². The van der Waals surface area contributed by atoms with E-state index in [1.807, 2.05) is 30.3 Å². The fourth-order valence-electron chi connectivity index (χ4n) is 2.86. The van der Waals surface area contributed by atoms with Gasteiger partial charge in [0, 0.05) is 17.9 Å². The highest BCUT2D eigenvalue weighted by molar-refractivity contribution is 7.79. The van der Waals surface area contributed by atoms with Crippen molar-refractivity contribution in [2.75, 3.05) is 11.5 Å². The molecule has 0 radical (unpaired) electrons. The number of aromatic nitrogens is 2. The van der Waals surface area contributed by atoms with E-state index in [0.717, 1.165) is 5.56 Å². The smallest absolute Gasteiger partial charge is 0.254 e. The topological polar surface area (TPSA) is 121 Å². The third-order valence-electron chi connectivity index (χ3n) is 4.38. The molecule has 156 valence electrons. The van der Waals surface area contributed by atoms with Gasteiger partial charge in [0.1, 0.15) is 17.3 Å². The quantitative estimate of drug-likeness (QED) is 0.533. The molecule has 0 saturated carbocycles. The second-order valence-electron chi connectivity index (χ2n) is 6.57. The van der Waals surface area contributed by atoms with Gasteiger partial charge < -0.3 is 15.6 Å². The zero-order chi connectivity index (χ0) is 21.5. The molecule has 0 aliphatic heterocycles. The molecule has 30 heavy (non-hydrogen) atoms. The number of anilines is 1. The van der Waals surface area contributed by atoms with Crippen LogP contribution < -0.4 is 11.1 Å². The number of nitrogens with two attached hydrogens (primary N) is 1. The first-order chi connectivity index (χ1) is 14.4. The maximum Gasteiger partial charge on any atom is 0.254 e. The van der Waals surface area contributed by atoms with E-state index in [1.54, 1.807) is 6.07 Å². The Morgan fingerprint density at radius 2 is 1.97 bits per heavy atom. The number of hydrogen-bond donors (Lipinski definition) is 2. The normalized spacial score (nSPS) is 11.8. The van der Waals surface area contributed by atoms with E-state index in [1.165, 1.54) is 18.3 Å². The van der Waals surface area contributed by atoms with Crippen LogP contribution in [0.2, 0.25) is 0 Å². The Labute approximate surface area is 175 Å². The molecule has 3 aromatic rings. The molecule has 0 aliphatic rings. The molecular weight excluding hydrogens is 407 g/mol. The van der Waals surface area contributed by atoms with Gasteiger partial charge in [0.2, 0.25) is 0 Å². The average molecular weight is 427 g/mol. The largest absolute Gasteiger partial charge is 0.772 e. The highest BCUT2D eigenvalue weighted by atomic mass is 32.2. The highest BCUT2D eigenvalue weighted by Crippen LogP contribution is 2.25. The minimum atomic E-state index is -2.12. The van der Waals surface area contributed by atoms with E-state index in [4.69, 9.17) is 5.73 Å².